The molecule has 2 aliphatic rings. The molecule has 2 N–H and O–H groups in total. The van der Waals surface area contributed by atoms with Gasteiger partial charge in [0.15, 0.2) is 11.5 Å². The number of hydrogen-bond acceptors (Lipinski definition) is 6. The summed E-state index contributed by atoms with van der Waals surface area (Å²) in [5, 5.41) is 12.5. The molecule has 0 saturated carbocycles. The second-order valence-corrected chi connectivity index (χ2v) is 7.53. The molecule has 2 aromatic carbocycles. The number of anilines is 1. The molecule has 0 bridgehead atoms. The average Bonchev–Trinajstić information content (AvgIpc) is 3.41. The number of benzene rings is 2. The maximum atomic E-state index is 14.0. The maximum Gasteiger partial charge on any atom is 0.339 e. The molecule has 1 amide bonds. The molecule has 9 nitrogen and oxygen atoms in total. The minimum absolute atomic E-state index is 0.00245. The van der Waals surface area contributed by atoms with Crippen LogP contribution in [-0.2, 0) is 4.79 Å². The predicted molar refractivity (Wildman–Crippen MR) is 113 cm³/mol. The summed E-state index contributed by atoms with van der Waals surface area (Å²) < 4.78 is 37.8. The highest BCUT2D eigenvalue weighted by atomic mass is 19.1. The zero-order valence-electron chi connectivity index (χ0n) is 17.7. The first kappa shape index (κ1) is 20.7. The number of carboxylic acid groups (broad SMARTS) is 1. The van der Waals surface area contributed by atoms with E-state index in [9.17, 15) is 19.1 Å². The van der Waals surface area contributed by atoms with Gasteiger partial charge in [0.25, 0.3) is 0 Å². The second kappa shape index (κ2) is 7.73. The molecular formula is C23H19FN2O7. The zero-order chi connectivity index (χ0) is 23.3. The second-order valence-electron chi connectivity index (χ2n) is 7.53. The van der Waals surface area contributed by atoms with Crippen molar-refractivity contribution in [3.8, 4) is 28.7 Å². The highest BCUT2D eigenvalue weighted by Crippen LogP contribution is 2.54. The molecule has 0 saturated heterocycles. The van der Waals surface area contributed by atoms with Crippen LogP contribution >= 0.6 is 0 Å². The Morgan fingerprint density at radius 1 is 1.21 bits per heavy atom. The summed E-state index contributed by atoms with van der Waals surface area (Å²) in [5.41, 5.74) is 1.46. The van der Waals surface area contributed by atoms with E-state index in [4.69, 9.17) is 18.9 Å². The zero-order valence-corrected chi connectivity index (χ0v) is 17.7. The van der Waals surface area contributed by atoms with Gasteiger partial charge in [-0.1, -0.05) is 6.07 Å². The number of nitrogens with one attached hydrogen (secondary N) is 1. The maximum absolute atomic E-state index is 14.0. The van der Waals surface area contributed by atoms with Crippen molar-refractivity contribution < 1.29 is 38.0 Å². The van der Waals surface area contributed by atoms with E-state index in [0.29, 0.717) is 39.9 Å². The topological polar surface area (TPSA) is 108 Å². The molecular weight excluding hydrogens is 435 g/mol. The van der Waals surface area contributed by atoms with Gasteiger partial charge in [-0.2, -0.15) is 0 Å². The van der Waals surface area contributed by atoms with Crippen LogP contribution in [0.15, 0.2) is 36.5 Å². The van der Waals surface area contributed by atoms with Gasteiger partial charge in [0.2, 0.25) is 24.2 Å². The lowest BCUT2D eigenvalue weighted by atomic mass is 9.87. The van der Waals surface area contributed by atoms with E-state index in [-0.39, 0.29) is 30.4 Å². The standard InChI is InChI=1S/C23H19FN2O7/c1-30-20-14(7-16-21(22(20)31-2)33-10-32-16)13-8-17(27)25-18-15(23(28)29)9-26(19(13)18)12-5-3-4-11(24)6-12/h3-7,9,13H,8,10H2,1-2H3,(H,25,27)(H,28,29)/t13-/m0/s1. The lowest BCUT2D eigenvalue weighted by Crippen LogP contribution is -2.26. The molecule has 0 spiro atoms. The van der Waals surface area contributed by atoms with Crippen molar-refractivity contribution in [2.75, 3.05) is 26.3 Å². The summed E-state index contributed by atoms with van der Waals surface area (Å²) in [5.74, 6) is -1.30. The largest absolute Gasteiger partial charge is 0.492 e. The molecule has 0 radical (unpaired) electrons. The van der Waals surface area contributed by atoms with E-state index in [2.05, 4.69) is 5.32 Å². The normalized spacial score (nSPS) is 16.2. The number of hydrogen-bond donors (Lipinski definition) is 2. The molecule has 0 aliphatic carbocycles. The minimum atomic E-state index is -1.22. The summed E-state index contributed by atoms with van der Waals surface area (Å²) in [6, 6.07) is 7.46. The summed E-state index contributed by atoms with van der Waals surface area (Å²) >= 11 is 0. The van der Waals surface area contributed by atoms with Crippen LogP contribution in [0.1, 0.15) is 34.0 Å². The summed E-state index contributed by atoms with van der Waals surface area (Å²) in [7, 11) is 2.92. The molecule has 10 heteroatoms. The Morgan fingerprint density at radius 3 is 2.70 bits per heavy atom. The van der Waals surface area contributed by atoms with Crippen molar-refractivity contribution in [2.24, 2.45) is 0 Å². The van der Waals surface area contributed by atoms with Gasteiger partial charge in [-0.05, 0) is 24.3 Å². The molecule has 5 rings (SSSR count). The molecule has 0 fully saturated rings. The molecule has 33 heavy (non-hydrogen) atoms. The summed E-state index contributed by atoms with van der Waals surface area (Å²) in [6.07, 6.45) is 1.36. The number of rotatable bonds is 5. The quantitative estimate of drug-likeness (QED) is 0.607. The number of aromatic nitrogens is 1. The third kappa shape index (κ3) is 3.22. The van der Waals surface area contributed by atoms with Crippen LogP contribution in [0.4, 0.5) is 10.1 Å². The molecule has 1 atom stereocenters. The number of methoxy groups -OCH3 is 2. The number of ether oxygens (including phenoxy) is 4. The van der Waals surface area contributed by atoms with Crippen LogP contribution in [-0.4, -0.2) is 42.6 Å². The number of carboxylic acids is 1. The summed E-state index contributed by atoms with van der Waals surface area (Å²) in [6.45, 7) is -0.00245. The van der Waals surface area contributed by atoms with Gasteiger partial charge in [0, 0.05) is 29.8 Å². The molecule has 170 valence electrons. The van der Waals surface area contributed by atoms with E-state index in [0.717, 1.165) is 0 Å². The Hall–Kier alpha value is -4.21. The van der Waals surface area contributed by atoms with E-state index in [1.165, 1.54) is 38.6 Å². The number of aromatic carboxylic acids is 1. The summed E-state index contributed by atoms with van der Waals surface area (Å²) in [4.78, 5) is 24.7. The average molecular weight is 454 g/mol. The minimum Gasteiger partial charge on any atom is -0.492 e. The van der Waals surface area contributed by atoms with E-state index < -0.39 is 17.7 Å². The van der Waals surface area contributed by atoms with Gasteiger partial charge in [-0.15, -0.1) is 0 Å². The Labute approximate surface area is 187 Å². The number of carbonyl (C=O) groups excluding carboxylic acids is 1. The smallest absolute Gasteiger partial charge is 0.339 e. The number of carbonyl (C=O) groups is 2. The fourth-order valence-electron chi connectivity index (χ4n) is 4.40. The number of nitrogens with zero attached hydrogens (tertiary/aromatic N) is 1. The fraction of sp³-hybridized carbons (Fsp3) is 0.217. The monoisotopic (exact) mass is 454 g/mol. The van der Waals surface area contributed by atoms with Gasteiger partial charge in [0.1, 0.15) is 11.4 Å². The Balaban J connectivity index is 1.80. The van der Waals surface area contributed by atoms with Gasteiger partial charge < -0.3 is 33.9 Å². The third-order valence-corrected chi connectivity index (χ3v) is 5.73. The molecule has 1 aromatic heterocycles. The van der Waals surface area contributed by atoms with Crippen LogP contribution in [0.25, 0.3) is 5.69 Å². The van der Waals surface area contributed by atoms with Crippen LogP contribution < -0.4 is 24.3 Å². The van der Waals surface area contributed by atoms with Crippen molar-refractivity contribution in [3.63, 3.8) is 0 Å². The fourth-order valence-corrected chi connectivity index (χ4v) is 4.40. The highest BCUT2D eigenvalue weighted by molar-refractivity contribution is 6.04. The van der Waals surface area contributed by atoms with E-state index in [1.54, 1.807) is 16.7 Å². The van der Waals surface area contributed by atoms with E-state index >= 15 is 0 Å². The predicted octanol–water partition coefficient (Wildman–Crippen LogP) is 3.53. The van der Waals surface area contributed by atoms with Crippen molar-refractivity contribution in [2.45, 2.75) is 12.3 Å². The first-order chi connectivity index (χ1) is 15.9. The number of halogens is 1. The molecule has 3 heterocycles. The first-order valence-electron chi connectivity index (χ1n) is 10.0. The molecule has 0 unspecified atom stereocenters. The van der Waals surface area contributed by atoms with Gasteiger partial charge in [-0.25, -0.2) is 9.18 Å². The van der Waals surface area contributed by atoms with Crippen LogP contribution in [0.2, 0.25) is 0 Å². The highest BCUT2D eigenvalue weighted by Gasteiger charge is 2.38. The van der Waals surface area contributed by atoms with E-state index in [1.807, 2.05) is 0 Å². The molecule has 3 aromatic rings. The van der Waals surface area contributed by atoms with Crippen molar-refractivity contribution in [1.82, 2.24) is 4.57 Å². The Morgan fingerprint density at radius 2 is 2.00 bits per heavy atom. The molecule has 2 aliphatic heterocycles. The van der Waals surface area contributed by atoms with Crippen molar-refractivity contribution in [1.29, 1.82) is 0 Å². The van der Waals surface area contributed by atoms with Gasteiger partial charge >= 0.3 is 5.97 Å². The SMILES string of the molecule is COc1c([C@@H]2CC(=O)Nc3c(C(=O)O)cn(-c4cccc(F)c4)c32)cc2c(c1OC)OCO2. The Bertz CT molecular complexity index is 1300. The van der Waals surface area contributed by atoms with Gasteiger partial charge in [-0.3, -0.25) is 4.79 Å². The van der Waals surface area contributed by atoms with Gasteiger partial charge in [0.05, 0.1) is 25.6 Å². The van der Waals surface area contributed by atoms with Crippen molar-refractivity contribution in [3.05, 3.63) is 59.2 Å². The van der Waals surface area contributed by atoms with Crippen LogP contribution in [0.5, 0.6) is 23.0 Å². The number of amides is 1. The lowest BCUT2D eigenvalue weighted by Gasteiger charge is -2.28. The number of fused-ring (bicyclic) bond motifs is 2. The van der Waals surface area contributed by atoms with Crippen molar-refractivity contribution >= 4 is 17.6 Å². The first-order valence-corrected chi connectivity index (χ1v) is 10.0. The van der Waals surface area contributed by atoms with Crippen LogP contribution in [0.3, 0.4) is 0 Å². The van der Waals surface area contributed by atoms with Crippen LogP contribution in [0, 0.1) is 5.82 Å². The Kier molecular flexibility index (Phi) is 4.85. The lowest BCUT2D eigenvalue weighted by molar-refractivity contribution is -0.116. The third-order valence-electron chi connectivity index (χ3n) is 5.73.